The highest BCUT2D eigenvalue weighted by Gasteiger charge is 2.15. The van der Waals surface area contributed by atoms with Gasteiger partial charge in [-0.2, -0.15) is 0 Å². The number of aromatic nitrogens is 1. The van der Waals surface area contributed by atoms with Crippen molar-refractivity contribution in [3.8, 4) is 0 Å². The quantitative estimate of drug-likeness (QED) is 0.524. The Hall–Kier alpha value is -3.82. The normalized spacial score (nSPS) is 11.6. The first-order valence-electron chi connectivity index (χ1n) is 8.75. The van der Waals surface area contributed by atoms with Gasteiger partial charge in [0.25, 0.3) is 11.8 Å². The van der Waals surface area contributed by atoms with Crippen LogP contribution in [0.4, 0.5) is 5.69 Å². The van der Waals surface area contributed by atoms with Crippen molar-refractivity contribution < 1.29 is 18.0 Å². The molecule has 8 nitrogen and oxygen atoms in total. The SMILES string of the molecule is NS(=O)(=O)c1ccc(NC(=O)/C(=C/c2ccncc2)NC(=O)c2ccccc2)cc1. The maximum atomic E-state index is 12.8. The van der Waals surface area contributed by atoms with E-state index < -0.39 is 21.8 Å². The van der Waals surface area contributed by atoms with Gasteiger partial charge < -0.3 is 10.6 Å². The molecule has 0 bridgehead atoms. The summed E-state index contributed by atoms with van der Waals surface area (Å²) in [5.74, 6) is -1.03. The van der Waals surface area contributed by atoms with E-state index in [4.69, 9.17) is 5.14 Å². The van der Waals surface area contributed by atoms with E-state index in [-0.39, 0.29) is 10.6 Å². The van der Waals surface area contributed by atoms with Gasteiger partial charge in [0.05, 0.1) is 4.90 Å². The molecule has 4 N–H and O–H groups in total. The van der Waals surface area contributed by atoms with E-state index in [9.17, 15) is 18.0 Å². The van der Waals surface area contributed by atoms with Crippen LogP contribution in [0.25, 0.3) is 6.08 Å². The van der Waals surface area contributed by atoms with Crippen LogP contribution in [0.1, 0.15) is 15.9 Å². The lowest BCUT2D eigenvalue weighted by molar-refractivity contribution is -0.113. The standard InChI is InChI=1S/C21H18N4O4S/c22-30(28,29)18-8-6-17(7-9-18)24-21(27)19(14-15-10-12-23-13-11-15)25-20(26)16-4-2-1-3-5-16/h1-14H,(H,24,27)(H,25,26)(H2,22,28,29)/b19-14-. The maximum absolute atomic E-state index is 12.8. The molecule has 3 aromatic rings. The van der Waals surface area contributed by atoms with Gasteiger partial charge in [0.15, 0.2) is 0 Å². The molecule has 0 unspecified atom stereocenters. The largest absolute Gasteiger partial charge is 0.321 e. The molecule has 0 aliphatic carbocycles. The van der Waals surface area contributed by atoms with E-state index in [2.05, 4.69) is 15.6 Å². The molecule has 0 saturated heterocycles. The fraction of sp³-hybridized carbons (Fsp3) is 0. The van der Waals surface area contributed by atoms with E-state index in [0.717, 1.165) is 0 Å². The molecule has 2 amide bonds. The summed E-state index contributed by atoms with van der Waals surface area (Å²) in [7, 11) is -3.84. The molecule has 1 aromatic heterocycles. The number of sulfonamides is 1. The van der Waals surface area contributed by atoms with Crippen LogP contribution in [0.3, 0.4) is 0 Å². The molecule has 0 aliphatic heterocycles. The Balaban J connectivity index is 1.85. The number of nitrogens with zero attached hydrogens (tertiary/aromatic N) is 1. The van der Waals surface area contributed by atoms with E-state index >= 15 is 0 Å². The number of hydrogen-bond acceptors (Lipinski definition) is 5. The smallest absolute Gasteiger partial charge is 0.272 e. The minimum Gasteiger partial charge on any atom is -0.321 e. The van der Waals surface area contributed by atoms with E-state index in [1.54, 1.807) is 54.9 Å². The van der Waals surface area contributed by atoms with Crippen molar-refractivity contribution in [3.05, 3.63) is 95.9 Å². The molecule has 0 atom stereocenters. The van der Waals surface area contributed by atoms with Gasteiger partial charge in [0.1, 0.15) is 5.70 Å². The molecule has 30 heavy (non-hydrogen) atoms. The van der Waals surface area contributed by atoms with Gasteiger partial charge in [-0.15, -0.1) is 0 Å². The van der Waals surface area contributed by atoms with E-state index in [0.29, 0.717) is 16.8 Å². The third-order valence-electron chi connectivity index (χ3n) is 3.99. The molecular weight excluding hydrogens is 404 g/mol. The van der Waals surface area contributed by atoms with E-state index in [1.807, 2.05) is 0 Å². The summed E-state index contributed by atoms with van der Waals surface area (Å²) in [5.41, 5.74) is 1.39. The summed E-state index contributed by atoms with van der Waals surface area (Å²) in [4.78, 5) is 29.2. The number of rotatable bonds is 6. The topological polar surface area (TPSA) is 131 Å². The number of hydrogen-bond donors (Lipinski definition) is 3. The van der Waals surface area contributed by atoms with Gasteiger partial charge in [0, 0.05) is 23.6 Å². The van der Waals surface area contributed by atoms with Crippen LogP contribution in [-0.2, 0) is 14.8 Å². The van der Waals surface area contributed by atoms with Crippen LogP contribution in [-0.4, -0.2) is 25.2 Å². The van der Waals surface area contributed by atoms with Crippen LogP contribution >= 0.6 is 0 Å². The summed E-state index contributed by atoms with van der Waals surface area (Å²) >= 11 is 0. The van der Waals surface area contributed by atoms with Crippen LogP contribution in [0.2, 0.25) is 0 Å². The highest BCUT2D eigenvalue weighted by atomic mass is 32.2. The van der Waals surface area contributed by atoms with Crippen molar-refractivity contribution in [3.63, 3.8) is 0 Å². The number of nitrogens with two attached hydrogens (primary N) is 1. The second kappa shape index (κ2) is 9.12. The molecule has 9 heteroatoms. The minimum absolute atomic E-state index is 0.00516. The Kier molecular flexibility index (Phi) is 6.35. The van der Waals surface area contributed by atoms with Crippen LogP contribution in [0.5, 0.6) is 0 Å². The Morgan fingerprint density at radius 1 is 0.900 bits per heavy atom. The van der Waals surface area contributed by atoms with Crippen molar-refractivity contribution in [1.29, 1.82) is 0 Å². The molecule has 3 rings (SSSR count). The molecule has 2 aromatic carbocycles. The Bertz CT molecular complexity index is 1180. The van der Waals surface area contributed by atoms with Gasteiger partial charge in [-0.05, 0) is 60.2 Å². The summed E-state index contributed by atoms with van der Waals surface area (Å²) in [5, 5.41) is 10.3. The molecule has 1 heterocycles. The van der Waals surface area contributed by atoms with Gasteiger partial charge in [-0.1, -0.05) is 18.2 Å². The fourth-order valence-electron chi connectivity index (χ4n) is 2.50. The fourth-order valence-corrected chi connectivity index (χ4v) is 3.01. The molecule has 0 spiro atoms. The number of primary sulfonamides is 1. The van der Waals surface area contributed by atoms with Gasteiger partial charge >= 0.3 is 0 Å². The Morgan fingerprint density at radius 2 is 1.53 bits per heavy atom. The van der Waals surface area contributed by atoms with Crippen LogP contribution in [0.15, 0.2) is 89.7 Å². The second-order valence-electron chi connectivity index (χ2n) is 6.18. The zero-order chi connectivity index (χ0) is 21.6. The summed E-state index contributed by atoms with van der Waals surface area (Å²) in [6.45, 7) is 0. The highest BCUT2D eigenvalue weighted by Crippen LogP contribution is 2.14. The van der Waals surface area contributed by atoms with Crippen LogP contribution in [0, 0.1) is 0 Å². The molecule has 152 valence electrons. The molecule has 0 aliphatic rings. The number of carbonyl (C=O) groups is 2. The average Bonchev–Trinajstić information content (AvgIpc) is 2.74. The van der Waals surface area contributed by atoms with Gasteiger partial charge in [-0.25, -0.2) is 13.6 Å². The molecule has 0 saturated carbocycles. The second-order valence-corrected chi connectivity index (χ2v) is 7.74. The lowest BCUT2D eigenvalue weighted by Crippen LogP contribution is -2.30. The Labute approximate surface area is 173 Å². The zero-order valence-electron chi connectivity index (χ0n) is 15.6. The van der Waals surface area contributed by atoms with Crippen molar-refractivity contribution in [2.75, 3.05) is 5.32 Å². The minimum atomic E-state index is -3.84. The third-order valence-corrected chi connectivity index (χ3v) is 4.92. The molecular formula is C21H18N4O4S. The summed E-state index contributed by atoms with van der Waals surface area (Å²) < 4.78 is 22.7. The molecule has 0 radical (unpaired) electrons. The number of amides is 2. The first-order valence-corrected chi connectivity index (χ1v) is 10.3. The monoisotopic (exact) mass is 422 g/mol. The van der Waals surface area contributed by atoms with Gasteiger partial charge in [0.2, 0.25) is 10.0 Å². The first-order chi connectivity index (χ1) is 14.3. The van der Waals surface area contributed by atoms with Crippen LogP contribution < -0.4 is 15.8 Å². The van der Waals surface area contributed by atoms with Gasteiger partial charge in [-0.3, -0.25) is 14.6 Å². The predicted molar refractivity (Wildman–Crippen MR) is 113 cm³/mol. The zero-order valence-corrected chi connectivity index (χ0v) is 16.5. The van der Waals surface area contributed by atoms with E-state index in [1.165, 1.54) is 30.3 Å². The number of carbonyl (C=O) groups excluding carboxylic acids is 2. The average molecular weight is 422 g/mol. The van der Waals surface area contributed by atoms with Crippen molar-refractivity contribution in [2.24, 2.45) is 5.14 Å². The molecule has 0 fully saturated rings. The Morgan fingerprint density at radius 3 is 2.13 bits per heavy atom. The highest BCUT2D eigenvalue weighted by molar-refractivity contribution is 7.89. The number of pyridine rings is 1. The summed E-state index contributed by atoms with van der Waals surface area (Å²) in [6, 6.07) is 17.2. The maximum Gasteiger partial charge on any atom is 0.272 e. The lowest BCUT2D eigenvalue weighted by Gasteiger charge is -2.11. The number of anilines is 1. The third kappa shape index (κ3) is 5.60. The van der Waals surface area contributed by atoms with Crippen molar-refractivity contribution in [2.45, 2.75) is 4.90 Å². The lowest BCUT2D eigenvalue weighted by atomic mass is 10.2. The summed E-state index contributed by atoms with van der Waals surface area (Å²) in [6.07, 6.45) is 4.63. The number of nitrogens with one attached hydrogen (secondary N) is 2. The first kappa shape index (κ1) is 20.9. The number of benzene rings is 2. The predicted octanol–water partition coefficient (Wildman–Crippen LogP) is 2.14. The van der Waals surface area contributed by atoms with Crippen molar-refractivity contribution in [1.82, 2.24) is 10.3 Å². The van der Waals surface area contributed by atoms with Crippen molar-refractivity contribution >= 4 is 33.6 Å².